The van der Waals surface area contributed by atoms with E-state index in [1.165, 1.54) is 18.4 Å². The van der Waals surface area contributed by atoms with E-state index in [9.17, 15) is 4.79 Å². The number of nitrogens with two attached hydrogens (primary N) is 1. The first kappa shape index (κ1) is 24.3. The number of carbonyl (C=O) groups is 1. The lowest BCUT2D eigenvalue weighted by molar-refractivity contribution is -0.161. The molecule has 10 heteroatoms. The van der Waals surface area contributed by atoms with Crippen molar-refractivity contribution in [3.05, 3.63) is 41.9 Å². The van der Waals surface area contributed by atoms with E-state index in [-0.39, 0.29) is 24.3 Å². The topological polar surface area (TPSA) is 115 Å². The summed E-state index contributed by atoms with van der Waals surface area (Å²) in [5, 5.41) is 4.83. The van der Waals surface area contributed by atoms with Crippen molar-refractivity contribution in [1.29, 1.82) is 0 Å². The third-order valence-corrected chi connectivity index (χ3v) is 6.36. The molecule has 0 bridgehead atoms. The molecule has 3 N–H and O–H groups in total. The summed E-state index contributed by atoms with van der Waals surface area (Å²) in [4.78, 5) is 30.2. The molecule has 34 heavy (non-hydrogen) atoms. The molecule has 4 rings (SSSR count). The SMILES string of the molecule is CON(C)C(=O)C1=CC(N2CCOCC2C)Nc2c1ccnc2C(C=CN)=NC1CCCCO1. The van der Waals surface area contributed by atoms with Gasteiger partial charge in [-0.2, -0.15) is 0 Å². The van der Waals surface area contributed by atoms with Crippen LogP contribution in [0.1, 0.15) is 37.4 Å². The third-order valence-electron chi connectivity index (χ3n) is 6.36. The molecule has 2 fully saturated rings. The molecule has 3 unspecified atom stereocenters. The number of carbonyl (C=O) groups excluding carboxylic acids is 1. The average molecular weight is 471 g/mol. The first-order valence-electron chi connectivity index (χ1n) is 11.7. The van der Waals surface area contributed by atoms with Gasteiger partial charge in [0.05, 0.1) is 37.3 Å². The van der Waals surface area contributed by atoms with Crippen LogP contribution in [0, 0.1) is 0 Å². The summed E-state index contributed by atoms with van der Waals surface area (Å²) in [6.45, 7) is 4.80. The van der Waals surface area contributed by atoms with Gasteiger partial charge in [-0.3, -0.25) is 24.5 Å². The van der Waals surface area contributed by atoms with Gasteiger partial charge in [0.1, 0.15) is 18.1 Å². The standard InChI is InChI=1S/C24H34N6O4/c1-16-15-33-13-11-30(16)20-14-18(24(31)29(2)32-3)17-8-10-26-23(22(17)28-20)19(7-9-25)27-21-6-4-5-12-34-21/h7-10,14,16,20-21,28H,4-6,11-13,15,25H2,1-3H3. The first-order valence-corrected chi connectivity index (χ1v) is 11.7. The van der Waals surface area contributed by atoms with Gasteiger partial charge in [0.15, 0.2) is 0 Å². The van der Waals surface area contributed by atoms with E-state index in [0.29, 0.717) is 36.8 Å². The van der Waals surface area contributed by atoms with Crippen LogP contribution in [0.2, 0.25) is 0 Å². The Morgan fingerprint density at radius 3 is 2.97 bits per heavy atom. The molecule has 3 atom stereocenters. The molecule has 0 aromatic carbocycles. The molecular formula is C24H34N6O4. The molecule has 4 heterocycles. The molecule has 0 saturated carbocycles. The number of fused-ring (bicyclic) bond motifs is 1. The predicted octanol–water partition coefficient (Wildman–Crippen LogP) is 1.75. The van der Waals surface area contributed by atoms with Crippen molar-refractivity contribution in [1.82, 2.24) is 14.9 Å². The zero-order valence-corrected chi connectivity index (χ0v) is 20.1. The van der Waals surface area contributed by atoms with E-state index in [0.717, 1.165) is 37.1 Å². The van der Waals surface area contributed by atoms with Crippen LogP contribution in [-0.2, 0) is 19.1 Å². The number of hydroxylamine groups is 2. The molecule has 10 nitrogen and oxygen atoms in total. The van der Waals surface area contributed by atoms with Gasteiger partial charge in [-0.1, -0.05) is 0 Å². The maximum Gasteiger partial charge on any atom is 0.277 e. The fourth-order valence-electron chi connectivity index (χ4n) is 4.49. The Bertz CT molecular complexity index is 972. The van der Waals surface area contributed by atoms with E-state index >= 15 is 0 Å². The summed E-state index contributed by atoms with van der Waals surface area (Å²) >= 11 is 0. The predicted molar refractivity (Wildman–Crippen MR) is 130 cm³/mol. The highest BCUT2D eigenvalue weighted by Crippen LogP contribution is 2.35. The van der Waals surface area contributed by atoms with Crippen molar-refractivity contribution in [3.63, 3.8) is 0 Å². The quantitative estimate of drug-likeness (QED) is 0.477. The summed E-state index contributed by atoms with van der Waals surface area (Å²) in [5.74, 6) is -0.239. The summed E-state index contributed by atoms with van der Waals surface area (Å²) in [5.41, 5.74) is 9.02. The van der Waals surface area contributed by atoms with E-state index in [1.54, 1.807) is 19.3 Å². The minimum atomic E-state index is -0.243. The van der Waals surface area contributed by atoms with Crippen LogP contribution in [0.25, 0.3) is 5.57 Å². The van der Waals surface area contributed by atoms with Gasteiger partial charge >= 0.3 is 0 Å². The number of morpholine rings is 1. The van der Waals surface area contributed by atoms with Gasteiger partial charge in [0.2, 0.25) is 0 Å². The van der Waals surface area contributed by atoms with Crippen LogP contribution in [0.5, 0.6) is 0 Å². The molecule has 1 aromatic rings. The molecule has 3 aliphatic heterocycles. The number of aliphatic imine (C=N–C) groups is 1. The number of likely N-dealkylation sites (N-methyl/N-ethyl adjacent to an activating group) is 1. The van der Waals surface area contributed by atoms with Crippen molar-refractivity contribution in [2.75, 3.05) is 45.8 Å². The van der Waals surface area contributed by atoms with Crippen molar-refractivity contribution in [3.8, 4) is 0 Å². The number of rotatable bonds is 6. The van der Waals surface area contributed by atoms with E-state index in [1.807, 2.05) is 12.1 Å². The lowest BCUT2D eigenvalue weighted by atomic mass is 9.95. The molecule has 1 amide bonds. The Balaban J connectivity index is 1.79. The maximum absolute atomic E-state index is 13.3. The summed E-state index contributed by atoms with van der Waals surface area (Å²) in [7, 11) is 3.07. The number of allylic oxidation sites excluding steroid dienone is 1. The maximum atomic E-state index is 13.3. The van der Waals surface area contributed by atoms with Gasteiger partial charge < -0.3 is 20.5 Å². The Morgan fingerprint density at radius 2 is 2.26 bits per heavy atom. The highest BCUT2D eigenvalue weighted by atomic mass is 16.7. The first-order chi connectivity index (χ1) is 16.5. The number of pyridine rings is 1. The van der Waals surface area contributed by atoms with Gasteiger partial charge in [-0.05, 0) is 50.6 Å². The Hall–Kier alpha value is -2.79. The van der Waals surface area contributed by atoms with Gasteiger partial charge in [0.25, 0.3) is 5.91 Å². The number of aromatic nitrogens is 1. The fourth-order valence-corrected chi connectivity index (χ4v) is 4.49. The second-order valence-corrected chi connectivity index (χ2v) is 8.59. The summed E-state index contributed by atoms with van der Waals surface area (Å²) < 4.78 is 11.5. The van der Waals surface area contributed by atoms with Crippen molar-refractivity contribution >= 4 is 22.9 Å². The van der Waals surface area contributed by atoms with E-state index in [4.69, 9.17) is 25.0 Å². The Labute approximate surface area is 200 Å². The number of amides is 1. The Morgan fingerprint density at radius 1 is 1.41 bits per heavy atom. The van der Waals surface area contributed by atoms with Crippen LogP contribution < -0.4 is 11.1 Å². The molecule has 184 valence electrons. The number of ether oxygens (including phenoxy) is 2. The zero-order chi connectivity index (χ0) is 24.1. The van der Waals surface area contributed by atoms with Crippen molar-refractivity contribution in [2.45, 2.75) is 44.6 Å². The summed E-state index contributed by atoms with van der Waals surface area (Å²) in [6.07, 6.45) is 9.30. The fraction of sp³-hybridized carbons (Fsp3) is 0.542. The highest BCUT2D eigenvalue weighted by molar-refractivity contribution is 6.23. The molecule has 0 spiro atoms. The van der Waals surface area contributed by atoms with Crippen LogP contribution in [0.15, 0.2) is 35.6 Å². The number of nitrogens with one attached hydrogen (secondary N) is 1. The van der Waals surface area contributed by atoms with Crippen LogP contribution >= 0.6 is 0 Å². The number of hydrogen-bond donors (Lipinski definition) is 2. The normalized spacial score (nSPS) is 26.0. The zero-order valence-electron chi connectivity index (χ0n) is 20.1. The van der Waals surface area contributed by atoms with Gasteiger partial charge in [0, 0.05) is 38.0 Å². The molecule has 0 aliphatic carbocycles. The van der Waals surface area contributed by atoms with Crippen LogP contribution in [0.4, 0.5) is 5.69 Å². The molecule has 0 radical (unpaired) electrons. The second-order valence-electron chi connectivity index (χ2n) is 8.59. The molecule has 2 saturated heterocycles. The average Bonchev–Trinajstić information content (AvgIpc) is 2.87. The lowest BCUT2D eigenvalue weighted by Crippen LogP contribution is -2.52. The lowest BCUT2D eigenvalue weighted by Gasteiger charge is -2.41. The van der Waals surface area contributed by atoms with Gasteiger partial charge in [-0.15, -0.1) is 0 Å². The van der Waals surface area contributed by atoms with Crippen LogP contribution in [-0.4, -0.2) is 85.5 Å². The smallest absolute Gasteiger partial charge is 0.277 e. The molecule has 3 aliphatic rings. The summed E-state index contributed by atoms with van der Waals surface area (Å²) in [6, 6.07) is 2.01. The number of nitrogens with zero attached hydrogens (tertiary/aromatic N) is 4. The van der Waals surface area contributed by atoms with Crippen molar-refractivity contribution < 1.29 is 19.1 Å². The molecule has 1 aromatic heterocycles. The monoisotopic (exact) mass is 470 g/mol. The third kappa shape index (κ3) is 5.15. The minimum absolute atomic E-state index is 0.174. The van der Waals surface area contributed by atoms with Crippen molar-refractivity contribution in [2.24, 2.45) is 10.7 Å². The number of hydrogen-bond acceptors (Lipinski definition) is 9. The minimum Gasteiger partial charge on any atom is -0.405 e. The largest absolute Gasteiger partial charge is 0.405 e. The van der Waals surface area contributed by atoms with Crippen LogP contribution in [0.3, 0.4) is 0 Å². The van der Waals surface area contributed by atoms with Gasteiger partial charge in [-0.25, -0.2) is 5.06 Å². The number of anilines is 1. The molecular weight excluding hydrogens is 436 g/mol. The Kier molecular flexibility index (Phi) is 7.94. The van der Waals surface area contributed by atoms with E-state index in [2.05, 4.69) is 22.1 Å². The van der Waals surface area contributed by atoms with E-state index < -0.39 is 0 Å². The second kappa shape index (κ2) is 11.1. The highest BCUT2D eigenvalue weighted by Gasteiger charge is 2.34.